The van der Waals surface area contributed by atoms with Gasteiger partial charge < -0.3 is 0 Å². The van der Waals surface area contributed by atoms with Crippen molar-refractivity contribution >= 4 is 63.8 Å². The molecule has 0 atom stereocenters. The van der Waals surface area contributed by atoms with Gasteiger partial charge in [-0.05, 0) is 33.0 Å². The SMILES string of the molecule is c1ccc2c(c1)ccc1c2ccc2c1ccc1c3ccccc3sc12. The molecule has 0 N–H and O–H groups in total. The second-order valence-corrected chi connectivity index (χ2v) is 7.64. The molecule has 1 heteroatoms. The van der Waals surface area contributed by atoms with Gasteiger partial charge in [0.05, 0.1) is 0 Å². The monoisotopic (exact) mass is 334 g/mol. The lowest BCUT2D eigenvalue weighted by atomic mass is 9.96. The fourth-order valence-corrected chi connectivity index (χ4v) is 5.32. The maximum absolute atomic E-state index is 2.31. The van der Waals surface area contributed by atoms with Crippen LogP contribution < -0.4 is 0 Å². The zero-order valence-electron chi connectivity index (χ0n) is 13.5. The molecule has 0 aliphatic rings. The summed E-state index contributed by atoms with van der Waals surface area (Å²) < 4.78 is 2.76. The lowest BCUT2D eigenvalue weighted by Gasteiger charge is -2.08. The van der Waals surface area contributed by atoms with E-state index in [1.807, 2.05) is 11.3 Å². The lowest BCUT2D eigenvalue weighted by Crippen LogP contribution is -1.81. The number of benzene rings is 5. The Balaban J connectivity index is 1.84. The van der Waals surface area contributed by atoms with Crippen LogP contribution in [0.5, 0.6) is 0 Å². The quantitative estimate of drug-likeness (QED) is 0.252. The van der Waals surface area contributed by atoms with Crippen molar-refractivity contribution in [3.05, 3.63) is 84.9 Å². The number of hydrogen-bond acceptors (Lipinski definition) is 1. The Hall–Kier alpha value is -2.90. The van der Waals surface area contributed by atoms with E-state index in [2.05, 4.69) is 84.9 Å². The number of fused-ring (bicyclic) bond motifs is 9. The molecule has 1 heterocycles. The predicted octanol–water partition coefficient (Wildman–Crippen LogP) is 7.51. The molecule has 1 aromatic heterocycles. The van der Waals surface area contributed by atoms with Crippen molar-refractivity contribution in [2.24, 2.45) is 0 Å². The minimum atomic E-state index is 1.30. The van der Waals surface area contributed by atoms with Gasteiger partial charge in [0.25, 0.3) is 0 Å². The average molecular weight is 334 g/mol. The largest absolute Gasteiger partial charge is 0.135 e. The predicted molar refractivity (Wildman–Crippen MR) is 112 cm³/mol. The van der Waals surface area contributed by atoms with E-state index in [-0.39, 0.29) is 0 Å². The minimum absolute atomic E-state index is 1.30. The molecule has 0 radical (unpaired) electrons. The third kappa shape index (κ3) is 1.76. The summed E-state index contributed by atoms with van der Waals surface area (Å²) in [5.74, 6) is 0. The molecule has 0 amide bonds. The molecule has 5 aromatic carbocycles. The summed E-state index contributed by atoms with van der Waals surface area (Å²) >= 11 is 1.90. The zero-order valence-corrected chi connectivity index (χ0v) is 14.3. The van der Waals surface area contributed by atoms with Gasteiger partial charge in [-0.15, -0.1) is 11.3 Å². The van der Waals surface area contributed by atoms with Crippen LogP contribution in [-0.4, -0.2) is 0 Å². The van der Waals surface area contributed by atoms with Gasteiger partial charge in [0.2, 0.25) is 0 Å². The van der Waals surface area contributed by atoms with Crippen LogP contribution in [0.25, 0.3) is 52.5 Å². The second-order valence-electron chi connectivity index (χ2n) is 6.58. The van der Waals surface area contributed by atoms with Crippen molar-refractivity contribution < 1.29 is 0 Å². The summed E-state index contributed by atoms with van der Waals surface area (Å²) in [5, 5.41) is 10.8. The number of rotatable bonds is 0. The zero-order chi connectivity index (χ0) is 16.4. The Bertz CT molecular complexity index is 1440. The van der Waals surface area contributed by atoms with Gasteiger partial charge in [-0.1, -0.05) is 78.9 Å². The van der Waals surface area contributed by atoms with Crippen molar-refractivity contribution in [1.82, 2.24) is 0 Å². The molecule has 0 aliphatic heterocycles. The number of hydrogen-bond donors (Lipinski definition) is 0. The van der Waals surface area contributed by atoms with Crippen molar-refractivity contribution in [3.8, 4) is 0 Å². The molecule has 0 bridgehead atoms. The standard InChI is InChI=1S/C24H14S/c1-2-6-16-15(5-1)9-10-18-17(16)11-13-21-19(18)12-14-22-20-7-3-4-8-23(20)25-24(21)22/h1-14H. The molecule has 0 unspecified atom stereocenters. The fraction of sp³-hybridized carbons (Fsp3) is 0. The Morgan fingerprint density at radius 1 is 0.400 bits per heavy atom. The van der Waals surface area contributed by atoms with Crippen molar-refractivity contribution in [2.75, 3.05) is 0 Å². The normalized spacial score (nSPS) is 12.0. The molecule has 0 spiro atoms. The molecular formula is C24H14S. The minimum Gasteiger partial charge on any atom is -0.135 e. The Morgan fingerprint density at radius 3 is 1.84 bits per heavy atom. The van der Waals surface area contributed by atoms with Crippen molar-refractivity contribution in [3.63, 3.8) is 0 Å². The van der Waals surface area contributed by atoms with E-state index in [1.54, 1.807) is 0 Å². The first-order chi connectivity index (χ1) is 12.4. The third-order valence-electron chi connectivity index (χ3n) is 5.26. The Labute approximate surface area is 148 Å². The van der Waals surface area contributed by atoms with Crippen LogP contribution in [0.1, 0.15) is 0 Å². The van der Waals surface area contributed by atoms with Gasteiger partial charge in [0, 0.05) is 25.6 Å². The second kappa shape index (κ2) is 4.81. The highest BCUT2D eigenvalue weighted by atomic mass is 32.1. The van der Waals surface area contributed by atoms with Gasteiger partial charge in [0.1, 0.15) is 0 Å². The van der Waals surface area contributed by atoms with Crippen LogP contribution in [0.15, 0.2) is 84.9 Å². The molecule has 6 aromatic rings. The molecule has 0 saturated carbocycles. The van der Waals surface area contributed by atoms with Crippen LogP contribution in [0, 0.1) is 0 Å². The van der Waals surface area contributed by atoms with Gasteiger partial charge in [-0.3, -0.25) is 0 Å². The number of thiophene rings is 1. The van der Waals surface area contributed by atoms with Crippen LogP contribution in [0.2, 0.25) is 0 Å². The van der Waals surface area contributed by atoms with E-state index in [9.17, 15) is 0 Å². The molecule has 6 rings (SSSR count). The van der Waals surface area contributed by atoms with E-state index in [1.165, 1.54) is 52.5 Å². The Morgan fingerprint density at radius 2 is 0.960 bits per heavy atom. The van der Waals surface area contributed by atoms with Crippen LogP contribution in [-0.2, 0) is 0 Å². The van der Waals surface area contributed by atoms with E-state index < -0.39 is 0 Å². The van der Waals surface area contributed by atoms with Crippen LogP contribution in [0.3, 0.4) is 0 Å². The fourth-order valence-electron chi connectivity index (χ4n) is 4.09. The molecule has 0 aliphatic carbocycles. The van der Waals surface area contributed by atoms with Gasteiger partial charge in [-0.25, -0.2) is 0 Å². The van der Waals surface area contributed by atoms with E-state index in [4.69, 9.17) is 0 Å². The Kier molecular flexibility index (Phi) is 2.58. The maximum atomic E-state index is 2.31. The summed E-state index contributed by atoms with van der Waals surface area (Å²) in [6.45, 7) is 0. The summed E-state index contributed by atoms with van der Waals surface area (Å²) in [5.41, 5.74) is 0. The average Bonchev–Trinajstić information content (AvgIpc) is 3.06. The molecule has 116 valence electrons. The van der Waals surface area contributed by atoms with Crippen LogP contribution in [0.4, 0.5) is 0 Å². The highest BCUT2D eigenvalue weighted by Crippen LogP contribution is 2.40. The summed E-state index contributed by atoms with van der Waals surface area (Å²) in [7, 11) is 0. The van der Waals surface area contributed by atoms with Gasteiger partial charge in [-0.2, -0.15) is 0 Å². The summed E-state index contributed by atoms with van der Waals surface area (Å²) in [6.07, 6.45) is 0. The third-order valence-corrected chi connectivity index (χ3v) is 6.48. The van der Waals surface area contributed by atoms with E-state index in [0.29, 0.717) is 0 Å². The first-order valence-corrected chi connectivity index (χ1v) is 9.36. The highest BCUT2D eigenvalue weighted by molar-refractivity contribution is 7.26. The van der Waals surface area contributed by atoms with Crippen molar-refractivity contribution in [1.29, 1.82) is 0 Å². The van der Waals surface area contributed by atoms with Gasteiger partial charge >= 0.3 is 0 Å². The smallest absolute Gasteiger partial charge is 0.0434 e. The van der Waals surface area contributed by atoms with Gasteiger partial charge in [0.15, 0.2) is 0 Å². The molecule has 25 heavy (non-hydrogen) atoms. The first kappa shape index (κ1) is 13.4. The van der Waals surface area contributed by atoms with Crippen LogP contribution >= 0.6 is 11.3 Å². The van der Waals surface area contributed by atoms with E-state index >= 15 is 0 Å². The molecular weight excluding hydrogens is 320 g/mol. The highest BCUT2D eigenvalue weighted by Gasteiger charge is 2.10. The summed E-state index contributed by atoms with van der Waals surface area (Å²) in [4.78, 5) is 0. The van der Waals surface area contributed by atoms with E-state index in [0.717, 1.165) is 0 Å². The molecule has 0 fully saturated rings. The maximum Gasteiger partial charge on any atom is 0.0434 e. The first-order valence-electron chi connectivity index (χ1n) is 8.54. The summed E-state index contributed by atoms with van der Waals surface area (Å²) in [6, 6.07) is 31.1. The molecule has 0 saturated heterocycles. The van der Waals surface area contributed by atoms with Crippen molar-refractivity contribution in [2.45, 2.75) is 0 Å². The lowest BCUT2D eigenvalue weighted by molar-refractivity contribution is 1.80. The molecule has 0 nitrogen and oxygen atoms in total. The topological polar surface area (TPSA) is 0 Å².